The predicted octanol–water partition coefficient (Wildman–Crippen LogP) is 3.22. The van der Waals surface area contributed by atoms with E-state index in [0.29, 0.717) is 40.3 Å². The lowest BCUT2D eigenvalue weighted by Gasteiger charge is -2.55. The first kappa shape index (κ1) is 23.0. The first-order chi connectivity index (χ1) is 16.8. The molecule has 0 atom stereocenters. The fraction of sp³-hybridized carbons (Fsp3) is 0.385. The highest BCUT2D eigenvalue weighted by atomic mass is 16.5. The van der Waals surface area contributed by atoms with Crippen molar-refractivity contribution in [3.63, 3.8) is 0 Å². The van der Waals surface area contributed by atoms with Crippen LogP contribution in [-0.4, -0.2) is 54.3 Å². The highest BCUT2D eigenvalue weighted by molar-refractivity contribution is 6.14. The molecule has 2 aliphatic rings. The van der Waals surface area contributed by atoms with Gasteiger partial charge in [-0.25, -0.2) is 4.98 Å². The lowest BCUT2D eigenvalue weighted by Crippen LogP contribution is -2.66. The van der Waals surface area contributed by atoms with Crippen LogP contribution in [0.3, 0.4) is 0 Å². The van der Waals surface area contributed by atoms with Crippen molar-refractivity contribution in [2.24, 2.45) is 5.41 Å². The van der Waals surface area contributed by atoms with Gasteiger partial charge in [0, 0.05) is 47.7 Å². The molecule has 2 aromatic heterocycles. The predicted molar refractivity (Wildman–Crippen MR) is 134 cm³/mol. The van der Waals surface area contributed by atoms with Gasteiger partial charge in [0.1, 0.15) is 12.4 Å². The van der Waals surface area contributed by atoms with Crippen LogP contribution in [0, 0.1) is 31.6 Å². The first-order valence-corrected chi connectivity index (χ1v) is 11.6. The van der Waals surface area contributed by atoms with Crippen LogP contribution in [0.1, 0.15) is 33.5 Å². The van der Waals surface area contributed by atoms with E-state index in [9.17, 15) is 0 Å². The molecule has 0 bridgehead atoms. The molecule has 1 aromatic carbocycles. The molecular weight excluding hydrogens is 444 g/mol. The lowest BCUT2D eigenvalue weighted by atomic mass is 9.78. The zero-order chi connectivity index (χ0) is 24.7. The number of methoxy groups -OCH3 is 1. The Kier molecular flexibility index (Phi) is 5.80. The summed E-state index contributed by atoms with van der Waals surface area (Å²) in [6, 6.07) is 5.44. The quantitative estimate of drug-likeness (QED) is 0.396. The molecule has 182 valence electrons. The van der Waals surface area contributed by atoms with E-state index in [4.69, 9.17) is 25.4 Å². The van der Waals surface area contributed by atoms with Crippen molar-refractivity contribution in [2.75, 3.05) is 44.0 Å². The van der Waals surface area contributed by atoms with E-state index in [0.717, 1.165) is 54.5 Å². The van der Waals surface area contributed by atoms with Crippen LogP contribution < -0.4 is 20.1 Å². The molecule has 0 unspecified atom stereocenters. The van der Waals surface area contributed by atoms with Gasteiger partial charge in [-0.15, -0.1) is 0 Å². The number of aryl methyl sites for hydroxylation is 3. The van der Waals surface area contributed by atoms with Gasteiger partial charge >= 0.3 is 0 Å². The molecule has 1 spiro atoms. The summed E-state index contributed by atoms with van der Waals surface area (Å²) in [6.45, 7) is 9.82. The number of anilines is 2. The number of hydrogen-bond acceptors (Lipinski definition) is 9. The smallest absolute Gasteiger partial charge is 0.162 e. The van der Waals surface area contributed by atoms with Gasteiger partial charge in [-0.2, -0.15) is 10.2 Å². The molecule has 35 heavy (non-hydrogen) atoms. The zero-order valence-corrected chi connectivity index (χ0v) is 20.5. The third-order valence-electron chi connectivity index (χ3n) is 6.86. The molecule has 2 fully saturated rings. The van der Waals surface area contributed by atoms with E-state index in [2.05, 4.69) is 20.1 Å². The average Bonchev–Trinajstić information content (AvgIpc) is 2.77. The first-order valence-electron chi connectivity index (χ1n) is 11.6. The van der Waals surface area contributed by atoms with E-state index in [1.807, 2.05) is 26.8 Å². The number of rotatable bonds is 7. The molecule has 2 saturated heterocycles. The fourth-order valence-corrected chi connectivity index (χ4v) is 4.74. The second-order valence-corrected chi connectivity index (χ2v) is 9.56. The van der Waals surface area contributed by atoms with Crippen molar-refractivity contribution in [2.45, 2.75) is 27.4 Å². The summed E-state index contributed by atoms with van der Waals surface area (Å²) >= 11 is 0. The molecule has 3 aromatic rings. The van der Waals surface area contributed by atoms with Crippen LogP contribution in [-0.2, 0) is 11.3 Å². The molecule has 4 heterocycles. The van der Waals surface area contributed by atoms with Gasteiger partial charge < -0.3 is 24.8 Å². The van der Waals surface area contributed by atoms with Gasteiger partial charge in [0.2, 0.25) is 0 Å². The highest BCUT2D eigenvalue weighted by Crippen LogP contribution is 2.40. The number of nitrogens with two attached hydrogens (primary N) is 1. The van der Waals surface area contributed by atoms with E-state index in [1.54, 1.807) is 31.6 Å². The van der Waals surface area contributed by atoms with E-state index in [-0.39, 0.29) is 5.71 Å². The summed E-state index contributed by atoms with van der Waals surface area (Å²) in [6.07, 6.45) is 3.46. The van der Waals surface area contributed by atoms with Gasteiger partial charge in [0.05, 0.1) is 43.3 Å². The Bertz CT molecular complexity index is 1280. The van der Waals surface area contributed by atoms with E-state index < -0.39 is 0 Å². The summed E-state index contributed by atoms with van der Waals surface area (Å²) in [5, 5.41) is 17.0. The summed E-state index contributed by atoms with van der Waals surface area (Å²) in [5.41, 5.74) is 12.4. The van der Waals surface area contributed by atoms with Gasteiger partial charge in [-0.3, -0.25) is 5.41 Å². The van der Waals surface area contributed by atoms with Crippen LogP contribution >= 0.6 is 0 Å². The molecule has 5 rings (SSSR count). The van der Waals surface area contributed by atoms with Crippen LogP contribution in [0.25, 0.3) is 0 Å². The Morgan fingerprint density at radius 3 is 2.51 bits per heavy atom. The molecule has 9 nitrogen and oxygen atoms in total. The number of nitrogens with one attached hydrogen (secondary N) is 1. The second kappa shape index (κ2) is 8.81. The topological polar surface area (TPSA) is 119 Å². The van der Waals surface area contributed by atoms with E-state index >= 15 is 0 Å². The van der Waals surface area contributed by atoms with Crippen LogP contribution in [0.4, 0.5) is 11.5 Å². The highest BCUT2D eigenvalue weighted by Gasteiger charge is 2.49. The summed E-state index contributed by atoms with van der Waals surface area (Å²) in [5.74, 6) is 1.97. The van der Waals surface area contributed by atoms with Crippen molar-refractivity contribution in [1.82, 2.24) is 15.2 Å². The second-order valence-electron chi connectivity index (χ2n) is 9.56. The van der Waals surface area contributed by atoms with Gasteiger partial charge in [-0.05, 0) is 44.0 Å². The Morgan fingerprint density at radius 2 is 1.89 bits per heavy atom. The molecule has 0 aliphatic carbocycles. The Balaban J connectivity index is 1.38. The van der Waals surface area contributed by atoms with Crippen molar-refractivity contribution in [3.8, 4) is 11.5 Å². The number of hydrogen-bond donors (Lipinski definition) is 2. The maximum atomic E-state index is 8.87. The molecule has 2 aliphatic heterocycles. The van der Waals surface area contributed by atoms with Crippen LogP contribution in [0.15, 0.2) is 30.6 Å². The number of nitrogens with zero attached hydrogens (tertiary/aromatic N) is 4. The van der Waals surface area contributed by atoms with Crippen LogP contribution in [0.2, 0.25) is 0 Å². The van der Waals surface area contributed by atoms with Crippen molar-refractivity contribution in [1.29, 1.82) is 5.41 Å². The third-order valence-corrected chi connectivity index (χ3v) is 6.86. The van der Waals surface area contributed by atoms with Crippen molar-refractivity contribution < 1.29 is 14.2 Å². The number of benzene rings is 1. The van der Waals surface area contributed by atoms with Gasteiger partial charge in [0.25, 0.3) is 0 Å². The third kappa shape index (κ3) is 4.16. The van der Waals surface area contributed by atoms with Crippen molar-refractivity contribution >= 4 is 17.2 Å². The Hall–Kier alpha value is -3.72. The molecule has 0 radical (unpaired) electrons. The monoisotopic (exact) mass is 474 g/mol. The standard InChI is InChI=1S/C26H30N6O3/c1-15-5-18(9-29-25(15)32-11-26(12-32)13-34-14-26)24(28)19-6-23(22(33-4)7-21(19)27)35-10-20-16(2)8-30-31-17(20)3/h5-9,28H,10-14,27H2,1-4H3. The van der Waals surface area contributed by atoms with E-state index in [1.165, 1.54) is 0 Å². The molecule has 0 saturated carbocycles. The normalized spacial score (nSPS) is 15.9. The number of nitrogen functional groups attached to an aromatic ring is 1. The van der Waals surface area contributed by atoms with Gasteiger partial charge in [-0.1, -0.05) is 0 Å². The summed E-state index contributed by atoms with van der Waals surface area (Å²) in [4.78, 5) is 6.96. The summed E-state index contributed by atoms with van der Waals surface area (Å²) < 4.78 is 17.0. The SMILES string of the molecule is COc1cc(N)c(C(=N)c2cnc(N3CC4(COC4)C3)c(C)c2)cc1OCc1c(C)cnnc1C. The molecule has 0 amide bonds. The maximum absolute atomic E-state index is 8.87. The number of pyridine rings is 1. The zero-order valence-electron chi connectivity index (χ0n) is 20.5. The number of aromatic nitrogens is 3. The minimum absolute atomic E-state index is 0.280. The number of ether oxygens (including phenoxy) is 3. The Morgan fingerprint density at radius 1 is 1.11 bits per heavy atom. The molecular formula is C26H30N6O3. The van der Waals surface area contributed by atoms with Gasteiger partial charge in [0.15, 0.2) is 11.5 Å². The largest absolute Gasteiger partial charge is 0.493 e. The Labute approximate surface area is 204 Å². The molecule has 3 N–H and O–H groups in total. The lowest BCUT2D eigenvalue weighted by molar-refractivity contribution is -0.127. The summed E-state index contributed by atoms with van der Waals surface area (Å²) in [7, 11) is 1.57. The average molecular weight is 475 g/mol. The minimum atomic E-state index is 0.280. The maximum Gasteiger partial charge on any atom is 0.162 e. The minimum Gasteiger partial charge on any atom is -0.493 e. The molecule has 9 heteroatoms. The fourth-order valence-electron chi connectivity index (χ4n) is 4.74. The van der Waals surface area contributed by atoms with Crippen LogP contribution in [0.5, 0.6) is 11.5 Å². The van der Waals surface area contributed by atoms with Crippen molar-refractivity contribution in [3.05, 3.63) is 64.1 Å².